The van der Waals surface area contributed by atoms with E-state index < -0.39 is 0 Å². The maximum Gasteiger partial charge on any atom is 0.262 e. The Morgan fingerprint density at radius 1 is 0.909 bits per heavy atom. The number of para-hydroxylation sites is 2. The van der Waals surface area contributed by atoms with Gasteiger partial charge in [-0.3, -0.25) is 4.79 Å². The Bertz CT molecular complexity index is 1400. The van der Waals surface area contributed by atoms with Gasteiger partial charge >= 0.3 is 0 Å². The molecule has 5 aromatic rings. The molecule has 3 aromatic carbocycles. The van der Waals surface area contributed by atoms with Gasteiger partial charge in [0, 0.05) is 17.3 Å². The van der Waals surface area contributed by atoms with Gasteiger partial charge in [0.1, 0.15) is 5.69 Å². The van der Waals surface area contributed by atoms with Crippen LogP contribution in [-0.2, 0) is 4.79 Å². The van der Waals surface area contributed by atoms with Crippen molar-refractivity contribution < 1.29 is 9.53 Å². The molecule has 33 heavy (non-hydrogen) atoms. The summed E-state index contributed by atoms with van der Waals surface area (Å²) in [5.41, 5.74) is 5.14. The monoisotopic (exact) mass is 434 g/mol. The fourth-order valence-electron chi connectivity index (χ4n) is 3.75. The third-order valence-electron chi connectivity index (χ3n) is 5.27. The molecule has 0 radical (unpaired) electrons. The number of aromatic nitrogens is 3. The summed E-state index contributed by atoms with van der Waals surface area (Å²) < 4.78 is 7.59. The molecule has 0 atom stereocenters. The average Bonchev–Trinajstić information content (AvgIpc) is 3.25. The number of nitrogens with one attached hydrogen (secondary N) is 1. The predicted molar refractivity (Wildman–Crippen MR) is 130 cm³/mol. The number of carbonyl (C=O) groups is 1. The molecule has 0 aliphatic rings. The number of carbonyl (C=O) groups excluding carboxylic acids is 1. The van der Waals surface area contributed by atoms with Gasteiger partial charge in [-0.1, -0.05) is 66.7 Å². The Labute approximate surface area is 191 Å². The lowest BCUT2D eigenvalue weighted by molar-refractivity contribution is -0.118. The minimum atomic E-state index is -0.248. The lowest BCUT2D eigenvalue weighted by atomic mass is 10.1. The van der Waals surface area contributed by atoms with E-state index in [4.69, 9.17) is 14.8 Å². The van der Waals surface area contributed by atoms with Crippen molar-refractivity contribution in [1.29, 1.82) is 0 Å². The number of fused-ring (bicyclic) bond motifs is 1. The third-order valence-corrected chi connectivity index (χ3v) is 5.27. The molecule has 0 saturated heterocycles. The highest BCUT2D eigenvalue weighted by molar-refractivity contribution is 5.95. The lowest BCUT2D eigenvalue weighted by Crippen LogP contribution is -2.20. The molecule has 1 N–H and O–H groups in total. The second-order valence-electron chi connectivity index (χ2n) is 7.64. The van der Waals surface area contributed by atoms with Crippen molar-refractivity contribution in [3.05, 3.63) is 103 Å². The van der Waals surface area contributed by atoms with Crippen LogP contribution in [-0.4, -0.2) is 27.3 Å². The van der Waals surface area contributed by atoms with Gasteiger partial charge in [-0.15, -0.1) is 0 Å². The number of nitrogens with zero attached hydrogens (tertiary/aromatic N) is 3. The molecule has 2 heterocycles. The van der Waals surface area contributed by atoms with Gasteiger partial charge in [-0.2, -0.15) is 10.1 Å². The molecule has 5 rings (SSSR count). The van der Waals surface area contributed by atoms with Crippen LogP contribution in [0.1, 0.15) is 5.56 Å². The van der Waals surface area contributed by atoms with Crippen molar-refractivity contribution in [2.45, 2.75) is 6.92 Å². The maximum atomic E-state index is 12.3. The molecule has 6 heteroatoms. The van der Waals surface area contributed by atoms with E-state index in [1.807, 2.05) is 109 Å². The van der Waals surface area contributed by atoms with Crippen LogP contribution in [0.5, 0.6) is 5.88 Å². The number of amides is 1. The fraction of sp³-hybridized carbons (Fsp3) is 0.0741. The summed E-state index contributed by atoms with van der Waals surface area (Å²) in [4.78, 5) is 17.1. The van der Waals surface area contributed by atoms with Gasteiger partial charge in [-0.25, -0.2) is 4.68 Å². The first-order valence-electron chi connectivity index (χ1n) is 10.7. The van der Waals surface area contributed by atoms with Crippen LogP contribution in [0.15, 0.2) is 97.1 Å². The summed E-state index contributed by atoms with van der Waals surface area (Å²) in [6, 6.07) is 31.0. The summed E-state index contributed by atoms with van der Waals surface area (Å²) in [5, 5.41) is 8.67. The van der Waals surface area contributed by atoms with Crippen LogP contribution in [0.2, 0.25) is 0 Å². The number of anilines is 1. The molecule has 0 saturated carbocycles. The average molecular weight is 434 g/mol. The number of hydrogen-bond donors (Lipinski definition) is 1. The first kappa shape index (κ1) is 20.5. The SMILES string of the molecule is Cc1cc(OCC(=O)Nc2ccccc2)nc2c1c(-c1ccccc1)nn2-c1ccccc1. The van der Waals surface area contributed by atoms with E-state index in [1.165, 1.54) is 0 Å². The van der Waals surface area contributed by atoms with Crippen LogP contribution in [0, 0.1) is 6.92 Å². The summed E-state index contributed by atoms with van der Waals surface area (Å²) >= 11 is 0. The van der Waals surface area contributed by atoms with Crippen LogP contribution < -0.4 is 10.1 Å². The van der Waals surface area contributed by atoms with Crippen molar-refractivity contribution in [3.8, 4) is 22.8 Å². The van der Waals surface area contributed by atoms with Crippen molar-refractivity contribution in [3.63, 3.8) is 0 Å². The van der Waals surface area contributed by atoms with Crippen LogP contribution in [0.4, 0.5) is 5.69 Å². The van der Waals surface area contributed by atoms with Gasteiger partial charge in [0.2, 0.25) is 5.88 Å². The van der Waals surface area contributed by atoms with Crippen molar-refractivity contribution in [2.24, 2.45) is 0 Å². The van der Waals surface area contributed by atoms with Gasteiger partial charge in [0.05, 0.1) is 11.1 Å². The Morgan fingerprint density at radius 3 is 2.24 bits per heavy atom. The minimum absolute atomic E-state index is 0.141. The Hall–Kier alpha value is -4.45. The zero-order chi connectivity index (χ0) is 22.6. The topological polar surface area (TPSA) is 69.0 Å². The summed E-state index contributed by atoms with van der Waals surface area (Å²) in [7, 11) is 0. The lowest BCUT2D eigenvalue weighted by Gasteiger charge is -2.09. The van der Waals surface area contributed by atoms with Crippen molar-refractivity contribution in [2.75, 3.05) is 11.9 Å². The first-order valence-corrected chi connectivity index (χ1v) is 10.7. The van der Waals surface area contributed by atoms with E-state index in [0.717, 1.165) is 33.6 Å². The second-order valence-corrected chi connectivity index (χ2v) is 7.64. The fourth-order valence-corrected chi connectivity index (χ4v) is 3.75. The number of hydrogen-bond acceptors (Lipinski definition) is 4. The number of benzene rings is 3. The van der Waals surface area contributed by atoms with Gasteiger partial charge in [-0.05, 0) is 36.8 Å². The zero-order valence-corrected chi connectivity index (χ0v) is 18.1. The van der Waals surface area contributed by atoms with E-state index in [2.05, 4.69) is 5.32 Å². The quantitative estimate of drug-likeness (QED) is 0.388. The Morgan fingerprint density at radius 2 is 1.55 bits per heavy atom. The highest BCUT2D eigenvalue weighted by Crippen LogP contribution is 2.33. The first-order chi connectivity index (χ1) is 16.2. The molecular formula is C27H22N4O2. The van der Waals surface area contributed by atoms with Crippen LogP contribution in [0.3, 0.4) is 0 Å². The molecule has 1 amide bonds. The Kier molecular flexibility index (Phi) is 5.55. The third kappa shape index (κ3) is 4.32. The van der Waals surface area contributed by atoms with Crippen LogP contribution >= 0.6 is 0 Å². The molecule has 0 bridgehead atoms. The predicted octanol–water partition coefficient (Wildman–Crippen LogP) is 5.41. The van der Waals surface area contributed by atoms with E-state index in [9.17, 15) is 4.79 Å². The standard InChI is InChI=1S/C27H22N4O2/c1-19-17-24(33-18-23(32)28-21-13-7-3-8-14-21)29-27-25(19)26(20-11-5-2-6-12-20)30-31(27)22-15-9-4-10-16-22/h2-17H,18H2,1H3,(H,28,32). The highest BCUT2D eigenvalue weighted by Gasteiger charge is 2.18. The smallest absolute Gasteiger partial charge is 0.262 e. The van der Waals surface area contributed by atoms with Gasteiger partial charge in [0.15, 0.2) is 12.3 Å². The number of ether oxygens (including phenoxy) is 1. The minimum Gasteiger partial charge on any atom is -0.467 e. The van der Waals surface area contributed by atoms with Crippen molar-refractivity contribution >= 4 is 22.6 Å². The molecule has 0 aliphatic heterocycles. The number of rotatable bonds is 6. The molecular weight excluding hydrogens is 412 g/mol. The van der Waals surface area contributed by atoms with Crippen LogP contribution in [0.25, 0.3) is 28.0 Å². The largest absolute Gasteiger partial charge is 0.467 e. The Balaban J connectivity index is 1.51. The molecule has 162 valence electrons. The van der Waals surface area contributed by atoms with E-state index in [0.29, 0.717) is 11.5 Å². The maximum absolute atomic E-state index is 12.3. The number of aryl methyl sites for hydroxylation is 1. The molecule has 0 fully saturated rings. The van der Waals surface area contributed by atoms with Gasteiger partial charge < -0.3 is 10.1 Å². The molecule has 6 nitrogen and oxygen atoms in total. The second kappa shape index (κ2) is 8.96. The normalized spacial score (nSPS) is 10.8. The zero-order valence-electron chi connectivity index (χ0n) is 18.1. The van der Waals surface area contributed by atoms with E-state index >= 15 is 0 Å². The van der Waals surface area contributed by atoms with E-state index in [-0.39, 0.29) is 12.5 Å². The molecule has 0 unspecified atom stereocenters. The summed E-state index contributed by atoms with van der Waals surface area (Å²) in [5.74, 6) is 0.127. The molecule has 0 spiro atoms. The van der Waals surface area contributed by atoms with Gasteiger partial charge in [0.25, 0.3) is 5.91 Å². The molecule has 0 aliphatic carbocycles. The van der Waals surface area contributed by atoms with E-state index in [1.54, 1.807) is 0 Å². The summed E-state index contributed by atoms with van der Waals surface area (Å²) in [6.07, 6.45) is 0. The van der Waals surface area contributed by atoms with Crippen molar-refractivity contribution in [1.82, 2.24) is 14.8 Å². The molecule has 2 aromatic heterocycles. The summed E-state index contributed by atoms with van der Waals surface area (Å²) in [6.45, 7) is 1.86. The highest BCUT2D eigenvalue weighted by atomic mass is 16.5. The number of pyridine rings is 1.